The Labute approximate surface area is 148 Å². The summed E-state index contributed by atoms with van der Waals surface area (Å²) in [6.07, 6.45) is 4.73. The van der Waals surface area contributed by atoms with Crippen molar-refractivity contribution in [1.29, 1.82) is 0 Å². The molecule has 7 nitrogen and oxygen atoms in total. The van der Waals surface area contributed by atoms with Crippen molar-refractivity contribution in [3.05, 3.63) is 75.1 Å². The SMILES string of the molecule is Cc1c(C(C)NC(=O)c2c[nH]c(=O)c(Cl)c2)cnn1-c1ccccn1. The highest BCUT2D eigenvalue weighted by Crippen LogP contribution is 2.19. The molecule has 0 fully saturated rings. The zero-order valence-corrected chi connectivity index (χ0v) is 14.4. The van der Waals surface area contributed by atoms with Crippen LogP contribution in [-0.4, -0.2) is 25.7 Å². The van der Waals surface area contributed by atoms with Gasteiger partial charge < -0.3 is 10.3 Å². The molecule has 3 heterocycles. The summed E-state index contributed by atoms with van der Waals surface area (Å²) in [5.41, 5.74) is 1.60. The Morgan fingerprint density at radius 1 is 1.40 bits per heavy atom. The van der Waals surface area contributed by atoms with Gasteiger partial charge in [0.2, 0.25) is 0 Å². The molecular formula is C17H16ClN5O2. The molecule has 0 aliphatic heterocycles. The van der Waals surface area contributed by atoms with Gasteiger partial charge in [-0.3, -0.25) is 9.59 Å². The number of hydrogen-bond donors (Lipinski definition) is 2. The number of aromatic nitrogens is 4. The van der Waals surface area contributed by atoms with Crippen molar-refractivity contribution in [2.45, 2.75) is 19.9 Å². The lowest BCUT2D eigenvalue weighted by molar-refractivity contribution is 0.0939. The lowest BCUT2D eigenvalue weighted by Crippen LogP contribution is -2.27. The molecule has 3 aromatic rings. The van der Waals surface area contributed by atoms with Crippen molar-refractivity contribution >= 4 is 17.5 Å². The number of H-pyrrole nitrogens is 1. The summed E-state index contributed by atoms with van der Waals surface area (Å²) < 4.78 is 1.72. The van der Waals surface area contributed by atoms with Crippen molar-refractivity contribution in [2.75, 3.05) is 0 Å². The number of halogens is 1. The Hall–Kier alpha value is -2.93. The van der Waals surface area contributed by atoms with E-state index in [1.54, 1.807) is 17.1 Å². The van der Waals surface area contributed by atoms with Crippen LogP contribution in [0.2, 0.25) is 5.02 Å². The van der Waals surface area contributed by atoms with Crippen LogP contribution >= 0.6 is 11.6 Å². The van der Waals surface area contributed by atoms with E-state index in [0.29, 0.717) is 5.82 Å². The molecular weight excluding hydrogens is 342 g/mol. The zero-order valence-electron chi connectivity index (χ0n) is 13.7. The van der Waals surface area contributed by atoms with Gasteiger partial charge in [0.15, 0.2) is 5.82 Å². The number of pyridine rings is 2. The molecule has 0 radical (unpaired) electrons. The van der Waals surface area contributed by atoms with Crippen molar-refractivity contribution < 1.29 is 4.79 Å². The molecule has 3 rings (SSSR count). The highest BCUT2D eigenvalue weighted by Gasteiger charge is 2.18. The maximum Gasteiger partial charge on any atom is 0.266 e. The first kappa shape index (κ1) is 16.9. The average Bonchev–Trinajstić information content (AvgIpc) is 2.99. The van der Waals surface area contributed by atoms with Gasteiger partial charge in [-0.05, 0) is 32.0 Å². The summed E-state index contributed by atoms with van der Waals surface area (Å²) in [7, 11) is 0. The second-order valence-electron chi connectivity index (χ2n) is 5.55. The summed E-state index contributed by atoms with van der Waals surface area (Å²) in [5.74, 6) is 0.368. The minimum atomic E-state index is -0.432. The van der Waals surface area contributed by atoms with Crippen LogP contribution in [-0.2, 0) is 0 Å². The fourth-order valence-electron chi connectivity index (χ4n) is 2.50. The highest BCUT2D eigenvalue weighted by molar-refractivity contribution is 6.30. The van der Waals surface area contributed by atoms with Crippen LogP contribution in [0.3, 0.4) is 0 Å². The van der Waals surface area contributed by atoms with E-state index in [9.17, 15) is 9.59 Å². The van der Waals surface area contributed by atoms with E-state index in [2.05, 4.69) is 20.4 Å². The van der Waals surface area contributed by atoms with Crippen LogP contribution in [0.5, 0.6) is 0 Å². The molecule has 25 heavy (non-hydrogen) atoms. The summed E-state index contributed by atoms with van der Waals surface area (Å²) in [6, 6.07) is 6.63. The number of carbonyl (C=O) groups excluding carboxylic acids is 1. The summed E-state index contributed by atoms with van der Waals surface area (Å²) >= 11 is 5.76. The Kier molecular flexibility index (Phi) is 4.67. The number of nitrogens with one attached hydrogen (secondary N) is 2. The molecule has 0 bridgehead atoms. The molecule has 2 N–H and O–H groups in total. The Morgan fingerprint density at radius 2 is 2.20 bits per heavy atom. The van der Waals surface area contributed by atoms with Crippen LogP contribution in [0, 0.1) is 6.92 Å². The number of nitrogens with zero attached hydrogens (tertiary/aromatic N) is 3. The van der Waals surface area contributed by atoms with Gasteiger partial charge in [0.25, 0.3) is 11.5 Å². The van der Waals surface area contributed by atoms with Crippen LogP contribution in [0.15, 0.2) is 47.7 Å². The fourth-order valence-corrected chi connectivity index (χ4v) is 2.67. The summed E-state index contributed by atoms with van der Waals surface area (Å²) in [6.45, 7) is 3.77. The quantitative estimate of drug-likeness (QED) is 0.749. The third-order valence-electron chi connectivity index (χ3n) is 3.85. The smallest absolute Gasteiger partial charge is 0.266 e. The molecule has 128 valence electrons. The first-order valence-corrected chi connectivity index (χ1v) is 8.00. The molecule has 0 aromatic carbocycles. The summed E-state index contributed by atoms with van der Waals surface area (Å²) in [5, 5.41) is 7.19. The highest BCUT2D eigenvalue weighted by atomic mass is 35.5. The maximum absolute atomic E-state index is 12.3. The molecule has 1 unspecified atom stereocenters. The van der Waals surface area contributed by atoms with Crippen molar-refractivity contribution in [2.24, 2.45) is 0 Å². The minimum absolute atomic E-state index is 0.0283. The molecule has 1 atom stereocenters. The third kappa shape index (κ3) is 3.46. The van der Waals surface area contributed by atoms with E-state index in [4.69, 9.17) is 11.6 Å². The number of aromatic amines is 1. The molecule has 1 amide bonds. The molecule has 0 saturated heterocycles. The number of carbonyl (C=O) groups is 1. The normalized spacial score (nSPS) is 12.0. The van der Waals surface area contributed by atoms with Crippen molar-refractivity contribution in [3.63, 3.8) is 0 Å². The van der Waals surface area contributed by atoms with Crippen molar-refractivity contribution in [1.82, 2.24) is 25.1 Å². The summed E-state index contributed by atoms with van der Waals surface area (Å²) in [4.78, 5) is 30.3. The van der Waals surface area contributed by atoms with E-state index >= 15 is 0 Å². The molecule has 0 spiro atoms. The second kappa shape index (κ2) is 6.90. The maximum atomic E-state index is 12.3. The van der Waals surface area contributed by atoms with Crippen LogP contribution in [0.4, 0.5) is 0 Å². The van der Waals surface area contributed by atoms with Crippen LogP contribution in [0.1, 0.15) is 34.6 Å². The first-order valence-electron chi connectivity index (χ1n) is 7.62. The lowest BCUT2D eigenvalue weighted by atomic mass is 10.1. The standard InChI is InChI=1S/C17H16ClN5O2/c1-10(22-16(24)12-7-14(18)17(25)20-8-12)13-9-21-23(11(13)2)15-5-3-4-6-19-15/h3-10H,1-2H3,(H,20,25)(H,22,24). The van der Waals surface area contributed by atoms with Gasteiger partial charge in [-0.2, -0.15) is 5.10 Å². The van der Waals surface area contributed by atoms with E-state index in [1.807, 2.05) is 32.0 Å². The first-order chi connectivity index (χ1) is 12.0. The molecule has 3 aromatic heterocycles. The monoisotopic (exact) mass is 357 g/mol. The largest absolute Gasteiger partial charge is 0.345 e. The lowest BCUT2D eigenvalue weighted by Gasteiger charge is -2.14. The van der Waals surface area contributed by atoms with E-state index in [-0.39, 0.29) is 22.5 Å². The van der Waals surface area contributed by atoms with Gasteiger partial charge in [0.1, 0.15) is 5.02 Å². The predicted octanol–water partition coefficient (Wildman–Crippen LogP) is 2.41. The van der Waals surface area contributed by atoms with Gasteiger partial charge >= 0.3 is 0 Å². The molecule has 0 aliphatic carbocycles. The second-order valence-corrected chi connectivity index (χ2v) is 5.95. The fraction of sp³-hybridized carbons (Fsp3) is 0.176. The molecule has 0 saturated carbocycles. The van der Waals surface area contributed by atoms with E-state index < -0.39 is 5.56 Å². The topological polar surface area (TPSA) is 92.7 Å². The third-order valence-corrected chi connectivity index (χ3v) is 4.13. The average molecular weight is 358 g/mol. The van der Waals surface area contributed by atoms with Gasteiger partial charge in [-0.1, -0.05) is 17.7 Å². The van der Waals surface area contributed by atoms with E-state index in [0.717, 1.165) is 11.3 Å². The molecule has 8 heteroatoms. The Balaban J connectivity index is 1.81. The van der Waals surface area contributed by atoms with Gasteiger partial charge in [0, 0.05) is 23.7 Å². The van der Waals surface area contributed by atoms with E-state index in [1.165, 1.54) is 12.3 Å². The van der Waals surface area contributed by atoms with Gasteiger partial charge in [-0.25, -0.2) is 9.67 Å². The number of rotatable bonds is 4. The number of hydrogen-bond acceptors (Lipinski definition) is 4. The van der Waals surface area contributed by atoms with Crippen LogP contribution < -0.4 is 10.9 Å². The number of amides is 1. The van der Waals surface area contributed by atoms with Gasteiger partial charge in [0.05, 0.1) is 17.8 Å². The van der Waals surface area contributed by atoms with Gasteiger partial charge in [-0.15, -0.1) is 0 Å². The predicted molar refractivity (Wildman–Crippen MR) is 94.0 cm³/mol. The van der Waals surface area contributed by atoms with Crippen molar-refractivity contribution in [3.8, 4) is 5.82 Å². The minimum Gasteiger partial charge on any atom is -0.345 e. The van der Waals surface area contributed by atoms with Crippen LogP contribution in [0.25, 0.3) is 5.82 Å². The Morgan fingerprint density at radius 3 is 2.88 bits per heavy atom. The Bertz CT molecular complexity index is 965. The zero-order chi connectivity index (χ0) is 18.0. The molecule has 0 aliphatic rings.